The molecule has 0 saturated carbocycles. The van der Waals surface area contributed by atoms with Crippen LogP contribution in [0.15, 0.2) is 18.2 Å². The molecule has 2 rings (SSSR count). The van der Waals surface area contributed by atoms with Crippen molar-refractivity contribution in [2.24, 2.45) is 5.92 Å². The van der Waals surface area contributed by atoms with Gasteiger partial charge in [-0.2, -0.15) is 0 Å². The van der Waals surface area contributed by atoms with Crippen LogP contribution >= 0.6 is 0 Å². The van der Waals surface area contributed by atoms with E-state index in [2.05, 4.69) is 9.88 Å². The first-order valence-corrected chi connectivity index (χ1v) is 5.58. The summed E-state index contributed by atoms with van der Waals surface area (Å²) in [5, 5.41) is 8.91. The van der Waals surface area contributed by atoms with Crippen molar-refractivity contribution in [3.8, 4) is 0 Å². The highest BCUT2D eigenvalue weighted by Crippen LogP contribution is 2.21. The SMILES string of the molecule is Cc1cccc(N2CCC(C(=O)O)CC2)n1. The Labute approximate surface area is 94.9 Å². The van der Waals surface area contributed by atoms with Crippen LogP contribution in [0.3, 0.4) is 0 Å². The van der Waals surface area contributed by atoms with E-state index < -0.39 is 5.97 Å². The lowest BCUT2D eigenvalue weighted by Crippen LogP contribution is -2.36. The van der Waals surface area contributed by atoms with E-state index in [1.54, 1.807) is 0 Å². The van der Waals surface area contributed by atoms with E-state index in [-0.39, 0.29) is 5.92 Å². The van der Waals surface area contributed by atoms with Crippen LogP contribution in [0, 0.1) is 12.8 Å². The number of carboxylic acids is 1. The maximum atomic E-state index is 10.8. The maximum Gasteiger partial charge on any atom is 0.306 e. The van der Waals surface area contributed by atoms with E-state index in [9.17, 15) is 4.79 Å². The van der Waals surface area contributed by atoms with Gasteiger partial charge < -0.3 is 10.0 Å². The Morgan fingerprint density at radius 2 is 2.12 bits per heavy atom. The molecule has 0 amide bonds. The Balaban J connectivity index is 2.01. The molecule has 16 heavy (non-hydrogen) atoms. The van der Waals surface area contributed by atoms with Crippen molar-refractivity contribution >= 4 is 11.8 Å². The highest BCUT2D eigenvalue weighted by atomic mass is 16.4. The van der Waals surface area contributed by atoms with Crippen molar-refractivity contribution in [3.05, 3.63) is 23.9 Å². The van der Waals surface area contributed by atoms with Gasteiger partial charge in [-0.3, -0.25) is 4.79 Å². The molecule has 2 heterocycles. The fourth-order valence-corrected chi connectivity index (χ4v) is 2.06. The fourth-order valence-electron chi connectivity index (χ4n) is 2.06. The molecule has 4 heteroatoms. The van der Waals surface area contributed by atoms with E-state index in [4.69, 9.17) is 5.11 Å². The third-order valence-electron chi connectivity index (χ3n) is 3.04. The molecule has 0 spiro atoms. The maximum absolute atomic E-state index is 10.8. The lowest BCUT2D eigenvalue weighted by atomic mass is 9.97. The second-order valence-electron chi connectivity index (χ2n) is 4.24. The normalized spacial score (nSPS) is 17.4. The molecular weight excluding hydrogens is 204 g/mol. The van der Waals surface area contributed by atoms with Crippen LogP contribution in [-0.2, 0) is 4.79 Å². The first-order valence-electron chi connectivity index (χ1n) is 5.58. The number of aryl methyl sites for hydroxylation is 1. The monoisotopic (exact) mass is 220 g/mol. The van der Waals surface area contributed by atoms with Crippen LogP contribution in [0.4, 0.5) is 5.82 Å². The summed E-state index contributed by atoms with van der Waals surface area (Å²) in [6, 6.07) is 5.93. The van der Waals surface area contributed by atoms with Gasteiger partial charge in [0.25, 0.3) is 0 Å². The first-order chi connectivity index (χ1) is 7.66. The Hall–Kier alpha value is -1.58. The third kappa shape index (κ3) is 2.32. The average Bonchev–Trinajstić information content (AvgIpc) is 2.29. The second-order valence-corrected chi connectivity index (χ2v) is 4.24. The average molecular weight is 220 g/mol. The zero-order valence-electron chi connectivity index (χ0n) is 9.39. The molecular formula is C12H16N2O2. The van der Waals surface area contributed by atoms with Crippen LogP contribution in [-0.4, -0.2) is 29.1 Å². The number of carboxylic acid groups (broad SMARTS) is 1. The largest absolute Gasteiger partial charge is 0.481 e. The van der Waals surface area contributed by atoms with Crippen molar-refractivity contribution in [3.63, 3.8) is 0 Å². The standard InChI is InChI=1S/C12H16N2O2/c1-9-3-2-4-11(13-9)14-7-5-10(6-8-14)12(15)16/h2-4,10H,5-8H2,1H3,(H,15,16). The molecule has 1 fully saturated rings. The molecule has 1 aromatic rings. The van der Waals surface area contributed by atoms with E-state index in [1.807, 2.05) is 25.1 Å². The van der Waals surface area contributed by atoms with Gasteiger partial charge in [0.1, 0.15) is 5.82 Å². The molecule has 0 radical (unpaired) electrons. The van der Waals surface area contributed by atoms with Crippen LogP contribution in [0.5, 0.6) is 0 Å². The summed E-state index contributed by atoms with van der Waals surface area (Å²) < 4.78 is 0. The topological polar surface area (TPSA) is 53.4 Å². The van der Waals surface area contributed by atoms with Crippen molar-refractivity contribution in [2.45, 2.75) is 19.8 Å². The minimum absolute atomic E-state index is 0.180. The first kappa shape index (κ1) is 10.9. The van der Waals surface area contributed by atoms with E-state index >= 15 is 0 Å². The minimum atomic E-state index is -0.670. The molecule has 1 aliphatic rings. The quantitative estimate of drug-likeness (QED) is 0.824. The van der Waals surface area contributed by atoms with Gasteiger partial charge in [0, 0.05) is 18.8 Å². The number of nitrogens with zero attached hydrogens (tertiary/aromatic N) is 2. The number of rotatable bonds is 2. The van der Waals surface area contributed by atoms with Crippen molar-refractivity contribution in [2.75, 3.05) is 18.0 Å². The zero-order valence-corrected chi connectivity index (χ0v) is 9.39. The Bertz CT molecular complexity index is 384. The molecule has 1 saturated heterocycles. The van der Waals surface area contributed by atoms with Crippen LogP contribution < -0.4 is 4.90 Å². The molecule has 0 atom stereocenters. The molecule has 0 unspecified atom stereocenters. The van der Waals surface area contributed by atoms with Gasteiger partial charge in [0.05, 0.1) is 5.92 Å². The molecule has 0 aliphatic carbocycles. The second kappa shape index (κ2) is 4.51. The summed E-state index contributed by atoms with van der Waals surface area (Å²) in [6.45, 7) is 3.54. The summed E-state index contributed by atoms with van der Waals surface area (Å²) in [4.78, 5) is 17.4. The van der Waals surface area contributed by atoms with Crippen LogP contribution in [0.25, 0.3) is 0 Å². The van der Waals surface area contributed by atoms with Gasteiger partial charge in [-0.25, -0.2) is 4.98 Å². The summed E-state index contributed by atoms with van der Waals surface area (Å²) in [5.74, 6) is 0.113. The Kier molecular flexibility index (Phi) is 3.08. The number of aromatic nitrogens is 1. The number of pyridine rings is 1. The summed E-state index contributed by atoms with van der Waals surface area (Å²) in [5.41, 5.74) is 0.998. The predicted molar refractivity (Wildman–Crippen MR) is 61.5 cm³/mol. The minimum Gasteiger partial charge on any atom is -0.481 e. The van der Waals surface area contributed by atoms with Gasteiger partial charge >= 0.3 is 5.97 Å². The molecule has 1 aromatic heterocycles. The number of anilines is 1. The number of carbonyl (C=O) groups is 1. The van der Waals surface area contributed by atoms with E-state index in [1.165, 1.54) is 0 Å². The van der Waals surface area contributed by atoms with E-state index in [0.717, 1.165) is 24.6 Å². The van der Waals surface area contributed by atoms with Gasteiger partial charge in [0.15, 0.2) is 0 Å². The van der Waals surface area contributed by atoms with Crippen LogP contribution in [0.2, 0.25) is 0 Å². The molecule has 1 aliphatic heterocycles. The number of hydrogen-bond acceptors (Lipinski definition) is 3. The highest BCUT2D eigenvalue weighted by Gasteiger charge is 2.24. The fraction of sp³-hybridized carbons (Fsp3) is 0.500. The summed E-state index contributed by atoms with van der Waals surface area (Å²) in [6.07, 6.45) is 1.43. The predicted octanol–water partition coefficient (Wildman–Crippen LogP) is 1.69. The number of piperidine rings is 1. The van der Waals surface area contributed by atoms with Crippen molar-refractivity contribution in [1.82, 2.24) is 4.98 Å². The molecule has 86 valence electrons. The highest BCUT2D eigenvalue weighted by molar-refractivity contribution is 5.70. The Morgan fingerprint density at radius 3 is 2.69 bits per heavy atom. The van der Waals surface area contributed by atoms with Gasteiger partial charge in [-0.05, 0) is 31.9 Å². The third-order valence-corrected chi connectivity index (χ3v) is 3.04. The van der Waals surface area contributed by atoms with Gasteiger partial charge in [-0.15, -0.1) is 0 Å². The van der Waals surface area contributed by atoms with Crippen molar-refractivity contribution in [1.29, 1.82) is 0 Å². The molecule has 0 bridgehead atoms. The lowest BCUT2D eigenvalue weighted by Gasteiger charge is -2.31. The summed E-state index contributed by atoms with van der Waals surface area (Å²) in [7, 11) is 0. The molecule has 0 aromatic carbocycles. The smallest absolute Gasteiger partial charge is 0.306 e. The lowest BCUT2D eigenvalue weighted by molar-refractivity contribution is -0.142. The van der Waals surface area contributed by atoms with Gasteiger partial charge in [-0.1, -0.05) is 6.07 Å². The molecule has 1 N–H and O–H groups in total. The zero-order chi connectivity index (χ0) is 11.5. The molecule has 4 nitrogen and oxygen atoms in total. The number of hydrogen-bond donors (Lipinski definition) is 1. The van der Waals surface area contributed by atoms with E-state index in [0.29, 0.717) is 12.8 Å². The van der Waals surface area contributed by atoms with Crippen molar-refractivity contribution < 1.29 is 9.90 Å². The van der Waals surface area contributed by atoms with Crippen LogP contribution in [0.1, 0.15) is 18.5 Å². The summed E-state index contributed by atoms with van der Waals surface area (Å²) >= 11 is 0. The number of aliphatic carboxylic acids is 1. The van der Waals surface area contributed by atoms with Gasteiger partial charge in [0.2, 0.25) is 0 Å². The Morgan fingerprint density at radius 1 is 1.44 bits per heavy atom.